The summed E-state index contributed by atoms with van der Waals surface area (Å²) in [5, 5.41) is 3.46. The van der Waals surface area contributed by atoms with Crippen LogP contribution in [-0.4, -0.2) is 37.0 Å². The van der Waals surface area contributed by atoms with Gasteiger partial charge in [0.1, 0.15) is 0 Å². The first-order chi connectivity index (χ1) is 13.2. The van der Waals surface area contributed by atoms with Crippen molar-refractivity contribution in [1.82, 2.24) is 10.2 Å². The van der Waals surface area contributed by atoms with E-state index < -0.39 is 0 Å². The van der Waals surface area contributed by atoms with Crippen molar-refractivity contribution in [3.05, 3.63) is 53.3 Å². The third-order valence-electron chi connectivity index (χ3n) is 6.09. The molecule has 5 heteroatoms. The van der Waals surface area contributed by atoms with Crippen LogP contribution in [0.3, 0.4) is 0 Å². The van der Waals surface area contributed by atoms with Gasteiger partial charge in [-0.2, -0.15) is 0 Å². The van der Waals surface area contributed by atoms with Crippen LogP contribution >= 0.6 is 11.3 Å². The van der Waals surface area contributed by atoms with Gasteiger partial charge >= 0.3 is 68.9 Å². The van der Waals surface area contributed by atoms with Gasteiger partial charge in [-0.25, -0.2) is 0 Å². The summed E-state index contributed by atoms with van der Waals surface area (Å²) >= 11 is 1.68. The van der Waals surface area contributed by atoms with Gasteiger partial charge in [-0.3, -0.25) is 4.79 Å². The molecule has 29 heavy (non-hydrogen) atoms. The molecule has 3 nitrogen and oxygen atoms in total. The SMILES string of the molecule is CCc1cc(C2CCNCC2)ccc1-c1cc(C)c(C(=O)N2CCCC2)s1.[CH3-].[Cs+]. The van der Waals surface area contributed by atoms with E-state index in [1.807, 2.05) is 4.90 Å². The van der Waals surface area contributed by atoms with Gasteiger partial charge in [-0.15, -0.1) is 11.3 Å². The van der Waals surface area contributed by atoms with Crippen molar-refractivity contribution >= 4 is 17.2 Å². The second kappa shape index (κ2) is 11.9. The van der Waals surface area contributed by atoms with Gasteiger partial charge in [-0.1, -0.05) is 25.1 Å². The maximum Gasteiger partial charge on any atom is 1.00 e. The zero-order valence-corrected chi connectivity index (χ0v) is 25.6. The Morgan fingerprint density at radius 1 is 1.17 bits per heavy atom. The maximum atomic E-state index is 12.9. The second-order valence-corrected chi connectivity index (χ2v) is 8.97. The molecule has 1 amide bonds. The Hall–Kier alpha value is 0.402. The van der Waals surface area contributed by atoms with Crippen molar-refractivity contribution < 1.29 is 73.7 Å². The van der Waals surface area contributed by atoms with Gasteiger partial charge < -0.3 is 17.6 Å². The molecule has 2 saturated heterocycles. The Morgan fingerprint density at radius 3 is 2.52 bits per heavy atom. The van der Waals surface area contributed by atoms with Crippen molar-refractivity contribution in [2.24, 2.45) is 0 Å². The third kappa shape index (κ3) is 5.80. The first-order valence-corrected chi connectivity index (χ1v) is 11.2. The van der Waals surface area contributed by atoms with Crippen molar-refractivity contribution in [3.8, 4) is 10.4 Å². The minimum Gasteiger partial charge on any atom is -0.358 e. The molecule has 0 unspecified atom stereocenters. The van der Waals surface area contributed by atoms with E-state index in [4.69, 9.17) is 0 Å². The average Bonchev–Trinajstić information content (AvgIpc) is 3.37. The van der Waals surface area contributed by atoms with Crippen LogP contribution in [0.5, 0.6) is 0 Å². The minimum atomic E-state index is 0. The zero-order valence-electron chi connectivity index (χ0n) is 18.5. The molecule has 0 radical (unpaired) electrons. The molecule has 0 spiro atoms. The summed E-state index contributed by atoms with van der Waals surface area (Å²) in [5.41, 5.74) is 5.33. The Morgan fingerprint density at radius 2 is 1.86 bits per heavy atom. The van der Waals surface area contributed by atoms with E-state index in [2.05, 4.69) is 43.4 Å². The van der Waals surface area contributed by atoms with Crippen molar-refractivity contribution in [2.75, 3.05) is 26.2 Å². The Labute approximate surface area is 239 Å². The number of nitrogens with one attached hydrogen (secondary N) is 1. The largest absolute Gasteiger partial charge is 1.00 e. The van der Waals surface area contributed by atoms with E-state index >= 15 is 0 Å². The fourth-order valence-corrected chi connectivity index (χ4v) is 5.65. The summed E-state index contributed by atoms with van der Waals surface area (Å²) in [4.78, 5) is 17.0. The molecular weight excluding hydrogens is 497 g/mol. The summed E-state index contributed by atoms with van der Waals surface area (Å²) in [6, 6.07) is 9.25. The van der Waals surface area contributed by atoms with Gasteiger partial charge in [0.25, 0.3) is 5.91 Å². The zero-order chi connectivity index (χ0) is 18.8. The van der Waals surface area contributed by atoms with Crippen LogP contribution in [0.25, 0.3) is 10.4 Å². The van der Waals surface area contributed by atoms with Crippen molar-refractivity contribution in [1.29, 1.82) is 0 Å². The molecule has 3 heterocycles. The summed E-state index contributed by atoms with van der Waals surface area (Å²) in [5.74, 6) is 0.911. The van der Waals surface area contributed by atoms with Crippen LogP contribution in [0, 0.1) is 14.4 Å². The van der Waals surface area contributed by atoms with E-state index in [1.54, 1.807) is 11.3 Å². The Balaban J connectivity index is 0.00000150. The van der Waals surface area contributed by atoms with Crippen LogP contribution in [-0.2, 0) is 6.42 Å². The summed E-state index contributed by atoms with van der Waals surface area (Å²) in [7, 11) is 0. The average molecular weight is 531 g/mol. The summed E-state index contributed by atoms with van der Waals surface area (Å²) < 4.78 is 0. The van der Waals surface area contributed by atoms with Crippen LogP contribution in [0.1, 0.15) is 64.9 Å². The van der Waals surface area contributed by atoms with E-state index in [0.29, 0.717) is 5.92 Å². The number of benzene rings is 1. The Kier molecular flexibility index (Phi) is 10.5. The van der Waals surface area contributed by atoms with Crippen LogP contribution in [0.2, 0.25) is 0 Å². The summed E-state index contributed by atoms with van der Waals surface area (Å²) in [6.45, 7) is 8.40. The van der Waals surface area contributed by atoms with Gasteiger partial charge in [0.05, 0.1) is 4.88 Å². The molecule has 2 aliphatic rings. The van der Waals surface area contributed by atoms with Gasteiger partial charge in [-0.05, 0) is 86.4 Å². The molecule has 4 rings (SSSR count). The molecule has 1 aromatic carbocycles. The standard InChI is InChI=1S/C23H30N2OS.CH3.Cs/c1-3-17-15-19(18-8-10-24-11-9-18)6-7-20(17)21-14-16(2)22(27-21)23(26)25-12-4-5-13-25;;/h6-7,14-15,18,24H,3-5,8-13H2,1-2H3;1H3;/q;-1;+1. The molecule has 152 valence electrons. The molecule has 2 aliphatic heterocycles. The topological polar surface area (TPSA) is 32.3 Å². The number of hydrogen-bond donors (Lipinski definition) is 1. The van der Waals surface area contributed by atoms with Gasteiger partial charge in [0, 0.05) is 18.0 Å². The number of piperidine rings is 1. The number of hydrogen-bond acceptors (Lipinski definition) is 3. The molecule has 0 bridgehead atoms. The van der Waals surface area contributed by atoms with E-state index in [9.17, 15) is 4.79 Å². The molecule has 2 fully saturated rings. The molecule has 1 aromatic heterocycles. The second-order valence-electron chi connectivity index (χ2n) is 7.92. The fourth-order valence-electron chi connectivity index (χ4n) is 4.45. The first-order valence-electron chi connectivity index (χ1n) is 10.4. The molecule has 0 aliphatic carbocycles. The number of thiophene rings is 1. The number of carbonyl (C=O) groups excluding carboxylic acids is 1. The minimum absolute atomic E-state index is 0. The quantitative estimate of drug-likeness (QED) is 0.617. The first kappa shape index (κ1) is 25.7. The molecular formula is C24H33CsN2OS. The number of aryl methyl sites for hydroxylation is 2. The number of rotatable bonds is 4. The number of likely N-dealkylation sites (tertiary alicyclic amines) is 1. The Bertz CT molecular complexity index is 820. The summed E-state index contributed by atoms with van der Waals surface area (Å²) in [6.07, 6.45) is 5.77. The van der Waals surface area contributed by atoms with Gasteiger partial charge in [0.2, 0.25) is 0 Å². The molecule has 1 N–H and O–H groups in total. The van der Waals surface area contributed by atoms with Crippen LogP contribution in [0.4, 0.5) is 0 Å². The van der Waals surface area contributed by atoms with E-state index in [0.717, 1.165) is 55.9 Å². The molecule has 0 atom stereocenters. The van der Waals surface area contributed by atoms with Gasteiger partial charge in [0.15, 0.2) is 0 Å². The monoisotopic (exact) mass is 530 g/mol. The number of amides is 1. The number of nitrogens with zero attached hydrogens (tertiary/aromatic N) is 1. The predicted molar refractivity (Wildman–Crippen MR) is 120 cm³/mol. The van der Waals surface area contributed by atoms with Crippen LogP contribution < -0.4 is 74.2 Å². The van der Waals surface area contributed by atoms with Crippen LogP contribution in [0.15, 0.2) is 24.3 Å². The number of carbonyl (C=O) groups is 1. The predicted octanol–water partition coefficient (Wildman–Crippen LogP) is 2.44. The smallest absolute Gasteiger partial charge is 0.358 e. The van der Waals surface area contributed by atoms with E-state index in [-0.39, 0.29) is 82.2 Å². The third-order valence-corrected chi connectivity index (χ3v) is 7.35. The van der Waals surface area contributed by atoms with E-state index in [1.165, 1.54) is 34.4 Å². The fraction of sp³-hybridized carbons (Fsp3) is 0.500. The molecule has 2 aromatic rings. The van der Waals surface area contributed by atoms with Crippen molar-refractivity contribution in [3.63, 3.8) is 0 Å². The molecule has 0 saturated carbocycles. The normalized spacial score (nSPS) is 17.0. The maximum absolute atomic E-state index is 12.9. The van der Waals surface area contributed by atoms with Crippen molar-refractivity contribution in [2.45, 2.75) is 51.9 Å².